The van der Waals surface area contributed by atoms with E-state index in [0.29, 0.717) is 55.7 Å². The van der Waals surface area contributed by atoms with E-state index >= 15 is 0 Å². The van der Waals surface area contributed by atoms with Crippen LogP contribution in [0.5, 0.6) is 0 Å². The summed E-state index contributed by atoms with van der Waals surface area (Å²) in [5.74, 6) is 0.575. The summed E-state index contributed by atoms with van der Waals surface area (Å²) in [6.45, 7) is 6.06. The van der Waals surface area contributed by atoms with Gasteiger partial charge in [-0.25, -0.2) is 9.97 Å². The Balaban J connectivity index is 1.23. The highest BCUT2D eigenvalue weighted by Crippen LogP contribution is 2.32. The minimum absolute atomic E-state index is 0.0344. The largest absolute Gasteiger partial charge is 0.360 e. The Morgan fingerprint density at radius 3 is 2.71 bits per heavy atom. The zero-order chi connectivity index (χ0) is 23.7. The van der Waals surface area contributed by atoms with E-state index in [2.05, 4.69) is 21.9 Å². The molecule has 1 atom stereocenters. The molecule has 8 nitrogen and oxygen atoms in total. The molecule has 3 aromatic rings. The van der Waals surface area contributed by atoms with Crippen molar-refractivity contribution in [2.24, 2.45) is 5.92 Å². The van der Waals surface area contributed by atoms with Crippen LogP contribution in [0.25, 0.3) is 22.2 Å². The maximum atomic E-state index is 13.0. The highest BCUT2D eigenvalue weighted by Gasteiger charge is 2.33. The van der Waals surface area contributed by atoms with Gasteiger partial charge in [-0.2, -0.15) is 0 Å². The summed E-state index contributed by atoms with van der Waals surface area (Å²) in [6.07, 6.45) is 7.08. The van der Waals surface area contributed by atoms with Gasteiger partial charge >= 0.3 is 0 Å². The van der Waals surface area contributed by atoms with Crippen LogP contribution in [0.2, 0.25) is 5.02 Å². The number of rotatable bonds is 5. The first-order chi connectivity index (χ1) is 16.5. The number of fused-ring (bicyclic) bond motifs is 1. The van der Waals surface area contributed by atoms with Crippen molar-refractivity contribution in [3.05, 3.63) is 54.3 Å². The van der Waals surface area contributed by atoms with E-state index in [-0.39, 0.29) is 23.8 Å². The zero-order valence-corrected chi connectivity index (χ0v) is 19.6. The molecule has 176 valence electrons. The molecule has 2 aliphatic rings. The van der Waals surface area contributed by atoms with Gasteiger partial charge in [0.15, 0.2) is 0 Å². The van der Waals surface area contributed by atoms with Crippen molar-refractivity contribution in [2.75, 3.05) is 31.5 Å². The average molecular weight is 479 g/mol. The predicted molar refractivity (Wildman–Crippen MR) is 132 cm³/mol. The summed E-state index contributed by atoms with van der Waals surface area (Å²) in [7, 11) is 0. The number of halogens is 1. The summed E-state index contributed by atoms with van der Waals surface area (Å²) in [6, 6.07) is 8.08. The van der Waals surface area contributed by atoms with Crippen LogP contribution >= 0.6 is 11.6 Å². The fourth-order valence-corrected chi connectivity index (χ4v) is 5.08. The number of amides is 2. The quantitative estimate of drug-likeness (QED) is 0.545. The van der Waals surface area contributed by atoms with E-state index in [1.807, 2.05) is 35.4 Å². The number of hydrogen-bond donors (Lipinski definition) is 2. The normalized spacial score (nSPS) is 18.9. The van der Waals surface area contributed by atoms with Crippen molar-refractivity contribution in [3.8, 4) is 11.3 Å². The van der Waals surface area contributed by atoms with Crippen molar-refractivity contribution < 1.29 is 9.59 Å². The fourth-order valence-electron chi connectivity index (χ4n) is 4.89. The van der Waals surface area contributed by atoms with Gasteiger partial charge in [0, 0.05) is 60.8 Å². The molecule has 2 saturated heterocycles. The van der Waals surface area contributed by atoms with E-state index in [0.717, 1.165) is 22.9 Å². The lowest BCUT2D eigenvalue weighted by atomic mass is 9.95. The SMILES string of the molecule is C=CC(=O)N1CCC(C(=O)N2CC[C@@H](Nc3ncc(Cl)c(-c4c[nH]c5ccccc45)n3)C2)CC1. The van der Waals surface area contributed by atoms with Crippen LogP contribution in [-0.2, 0) is 9.59 Å². The third-order valence-electron chi connectivity index (χ3n) is 6.75. The van der Waals surface area contributed by atoms with Gasteiger partial charge in [-0.05, 0) is 31.4 Å². The molecule has 2 aliphatic heterocycles. The Morgan fingerprint density at radius 1 is 1.15 bits per heavy atom. The van der Waals surface area contributed by atoms with E-state index in [1.165, 1.54) is 6.08 Å². The molecule has 0 aliphatic carbocycles. The number of para-hydroxylation sites is 1. The number of hydrogen-bond acceptors (Lipinski definition) is 5. The summed E-state index contributed by atoms with van der Waals surface area (Å²) >= 11 is 6.44. The van der Waals surface area contributed by atoms with Gasteiger partial charge in [0.05, 0.1) is 16.9 Å². The number of anilines is 1. The van der Waals surface area contributed by atoms with Crippen LogP contribution in [-0.4, -0.2) is 68.8 Å². The first-order valence-electron chi connectivity index (χ1n) is 11.6. The number of piperidine rings is 1. The first kappa shape index (κ1) is 22.4. The fraction of sp³-hybridized carbons (Fsp3) is 0.360. The molecule has 0 radical (unpaired) electrons. The number of likely N-dealkylation sites (tertiary alicyclic amines) is 2. The summed E-state index contributed by atoms with van der Waals surface area (Å²) < 4.78 is 0. The van der Waals surface area contributed by atoms with Crippen molar-refractivity contribution in [3.63, 3.8) is 0 Å². The molecule has 9 heteroatoms. The lowest BCUT2D eigenvalue weighted by Gasteiger charge is -2.32. The monoisotopic (exact) mass is 478 g/mol. The topological polar surface area (TPSA) is 94.2 Å². The van der Waals surface area contributed by atoms with Crippen LogP contribution in [0.1, 0.15) is 19.3 Å². The molecule has 4 heterocycles. The average Bonchev–Trinajstić information content (AvgIpc) is 3.52. The molecule has 5 rings (SSSR count). The minimum Gasteiger partial charge on any atom is -0.360 e. The molecule has 2 aromatic heterocycles. The van der Waals surface area contributed by atoms with Gasteiger partial charge < -0.3 is 20.1 Å². The number of aromatic nitrogens is 3. The summed E-state index contributed by atoms with van der Waals surface area (Å²) in [5.41, 5.74) is 2.62. The second kappa shape index (κ2) is 9.46. The molecule has 2 fully saturated rings. The smallest absolute Gasteiger partial charge is 0.245 e. The van der Waals surface area contributed by atoms with Crippen LogP contribution in [0.4, 0.5) is 5.95 Å². The van der Waals surface area contributed by atoms with Gasteiger partial charge in [0.1, 0.15) is 0 Å². The molecule has 2 N–H and O–H groups in total. The molecule has 1 aromatic carbocycles. The zero-order valence-electron chi connectivity index (χ0n) is 18.8. The third-order valence-corrected chi connectivity index (χ3v) is 7.03. The minimum atomic E-state index is -0.0636. The lowest BCUT2D eigenvalue weighted by Crippen LogP contribution is -2.43. The van der Waals surface area contributed by atoms with Crippen molar-refractivity contribution >= 4 is 40.3 Å². The Labute approximate surface area is 203 Å². The predicted octanol–water partition coefficient (Wildman–Crippen LogP) is 3.72. The van der Waals surface area contributed by atoms with Gasteiger partial charge in [0.2, 0.25) is 17.8 Å². The Hall–Kier alpha value is -3.39. The maximum Gasteiger partial charge on any atom is 0.245 e. The van der Waals surface area contributed by atoms with E-state index < -0.39 is 0 Å². The van der Waals surface area contributed by atoms with Crippen molar-refractivity contribution in [1.82, 2.24) is 24.8 Å². The number of aromatic amines is 1. The number of carbonyl (C=O) groups is 2. The van der Waals surface area contributed by atoms with Gasteiger partial charge in [0.25, 0.3) is 0 Å². The Bertz CT molecular complexity index is 1230. The maximum absolute atomic E-state index is 13.0. The molecule has 2 amide bonds. The highest BCUT2D eigenvalue weighted by molar-refractivity contribution is 6.33. The highest BCUT2D eigenvalue weighted by atomic mass is 35.5. The van der Waals surface area contributed by atoms with Gasteiger partial charge in [-0.1, -0.05) is 36.4 Å². The second-order valence-corrected chi connectivity index (χ2v) is 9.26. The van der Waals surface area contributed by atoms with Gasteiger partial charge in [-0.15, -0.1) is 0 Å². The molecule has 34 heavy (non-hydrogen) atoms. The van der Waals surface area contributed by atoms with Crippen LogP contribution in [0, 0.1) is 5.92 Å². The summed E-state index contributed by atoms with van der Waals surface area (Å²) in [5, 5.41) is 4.92. The molecule has 0 bridgehead atoms. The number of nitrogens with zero attached hydrogens (tertiary/aromatic N) is 4. The van der Waals surface area contributed by atoms with Crippen molar-refractivity contribution in [1.29, 1.82) is 0 Å². The Kier molecular flexibility index (Phi) is 6.24. The van der Waals surface area contributed by atoms with Gasteiger partial charge in [-0.3, -0.25) is 9.59 Å². The van der Waals surface area contributed by atoms with Crippen LogP contribution in [0.3, 0.4) is 0 Å². The number of nitrogens with one attached hydrogen (secondary N) is 2. The lowest BCUT2D eigenvalue weighted by molar-refractivity contribution is -0.138. The summed E-state index contributed by atoms with van der Waals surface area (Å²) in [4.78, 5) is 40.8. The van der Waals surface area contributed by atoms with E-state index in [4.69, 9.17) is 16.6 Å². The first-order valence-corrected chi connectivity index (χ1v) is 12.0. The van der Waals surface area contributed by atoms with Crippen LogP contribution in [0.15, 0.2) is 49.3 Å². The molecular formula is C25H27ClN6O2. The van der Waals surface area contributed by atoms with E-state index in [1.54, 1.807) is 11.1 Å². The number of carbonyl (C=O) groups excluding carboxylic acids is 2. The molecule has 0 unspecified atom stereocenters. The second-order valence-electron chi connectivity index (χ2n) is 8.86. The van der Waals surface area contributed by atoms with Crippen LogP contribution < -0.4 is 5.32 Å². The molecular weight excluding hydrogens is 452 g/mol. The molecule has 0 spiro atoms. The third kappa shape index (κ3) is 4.37. The molecule has 0 saturated carbocycles. The number of H-pyrrole nitrogens is 1. The van der Waals surface area contributed by atoms with Crippen molar-refractivity contribution in [2.45, 2.75) is 25.3 Å². The standard InChI is InChI=1S/C25H27ClN6O2/c1-2-22(33)31-10-7-16(8-11-31)24(34)32-12-9-17(15-32)29-25-28-14-20(26)23(30-25)19-13-27-21-6-4-3-5-18(19)21/h2-6,13-14,16-17,27H,1,7-12,15H2,(H,28,29,30)/t17-/m1/s1. The number of benzene rings is 1. The van der Waals surface area contributed by atoms with E-state index in [9.17, 15) is 9.59 Å². The Morgan fingerprint density at radius 2 is 1.91 bits per heavy atom.